The first-order valence-electron chi connectivity index (χ1n) is 4.63. The van der Waals surface area contributed by atoms with Crippen LogP contribution in [0.5, 0.6) is 0 Å². The van der Waals surface area contributed by atoms with Gasteiger partial charge in [-0.1, -0.05) is 12.1 Å². The summed E-state index contributed by atoms with van der Waals surface area (Å²) in [5.41, 5.74) is 2.27. The molecule has 1 aromatic heterocycles. The highest BCUT2D eigenvalue weighted by Gasteiger charge is 2.17. The van der Waals surface area contributed by atoms with Crippen molar-refractivity contribution in [3.05, 3.63) is 30.1 Å². The summed E-state index contributed by atoms with van der Waals surface area (Å²) in [6, 6.07) is 8.09. The van der Waals surface area contributed by atoms with Crippen LogP contribution in [-0.4, -0.2) is 10.9 Å². The average molecular weight is 189 g/mol. The van der Waals surface area contributed by atoms with Crippen LogP contribution in [0.25, 0.3) is 11.0 Å². The Morgan fingerprint density at radius 2 is 2.14 bits per heavy atom. The minimum absolute atomic E-state index is 0.424. The Morgan fingerprint density at radius 3 is 2.86 bits per heavy atom. The zero-order valence-electron chi connectivity index (χ0n) is 8.40. The molecule has 0 spiro atoms. The van der Waals surface area contributed by atoms with Crippen molar-refractivity contribution >= 4 is 17.3 Å². The van der Waals surface area contributed by atoms with Gasteiger partial charge in [0.05, 0.1) is 7.05 Å². The number of nitrogens with zero attached hydrogens (tertiary/aromatic N) is 2. The molecule has 3 heteroatoms. The Morgan fingerprint density at radius 1 is 1.43 bits per heavy atom. The molecule has 0 amide bonds. The number of rotatable bonds is 2. The van der Waals surface area contributed by atoms with E-state index in [-0.39, 0.29) is 0 Å². The van der Waals surface area contributed by atoms with Gasteiger partial charge in [0.1, 0.15) is 6.54 Å². The van der Waals surface area contributed by atoms with Crippen LogP contribution in [-0.2, 0) is 18.4 Å². The molecule has 0 saturated heterocycles. The third kappa shape index (κ3) is 1.13. The number of carbonyl (C=O) groups excluding carboxylic acids is 1. The summed E-state index contributed by atoms with van der Waals surface area (Å²) in [7, 11) is 2.01. The van der Waals surface area contributed by atoms with Gasteiger partial charge in [-0.15, -0.1) is 0 Å². The third-order valence-corrected chi connectivity index (χ3v) is 2.67. The summed E-state index contributed by atoms with van der Waals surface area (Å²) in [4.78, 5) is 10.5. The molecular formula is C11H13N2O+. The largest absolute Gasteiger partial charge is 0.299 e. The fourth-order valence-electron chi connectivity index (χ4n) is 1.81. The molecule has 0 unspecified atom stereocenters. The lowest BCUT2D eigenvalue weighted by atomic mass is 10.3. The summed E-state index contributed by atoms with van der Waals surface area (Å²) in [5.74, 6) is 1.10. The summed E-state index contributed by atoms with van der Waals surface area (Å²) in [6.07, 6.45) is 0.930. The minimum atomic E-state index is 0.424. The van der Waals surface area contributed by atoms with E-state index >= 15 is 0 Å². The predicted octanol–water partition coefficient (Wildman–Crippen LogP) is 0.973. The Balaban J connectivity index is 2.80. The van der Waals surface area contributed by atoms with Gasteiger partial charge in [-0.25, -0.2) is 9.13 Å². The van der Waals surface area contributed by atoms with Crippen molar-refractivity contribution in [2.45, 2.75) is 13.5 Å². The standard InChI is InChI=1S/C11H13N2O/c1-9-12(2)10-5-3-4-6-11(10)13(9)7-8-14/h3-6,8H,7H2,1-2H3/q+1. The van der Waals surface area contributed by atoms with Crippen molar-refractivity contribution in [3.63, 3.8) is 0 Å². The Kier molecular flexibility index (Phi) is 2.08. The van der Waals surface area contributed by atoms with Crippen molar-refractivity contribution in [1.29, 1.82) is 0 Å². The summed E-state index contributed by atoms with van der Waals surface area (Å²) in [6.45, 7) is 2.44. The molecule has 2 rings (SSSR count). The minimum Gasteiger partial charge on any atom is -0.299 e. The highest BCUT2D eigenvalue weighted by molar-refractivity contribution is 5.72. The number of carbonyl (C=O) groups is 1. The van der Waals surface area contributed by atoms with Gasteiger partial charge in [-0.05, 0) is 12.1 Å². The maximum absolute atomic E-state index is 10.5. The number of hydrogen-bond acceptors (Lipinski definition) is 1. The Hall–Kier alpha value is -1.64. The Labute approximate surface area is 82.6 Å². The predicted molar refractivity (Wildman–Crippen MR) is 53.9 cm³/mol. The molecule has 0 radical (unpaired) electrons. The van der Waals surface area contributed by atoms with Gasteiger partial charge in [0.25, 0.3) is 5.82 Å². The molecule has 0 N–H and O–H groups in total. The topological polar surface area (TPSA) is 25.9 Å². The molecule has 0 fully saturated rings. The van der Waals surface area contributed by atoms with E-state index in [2.05, 4.69) is 10.6 Å². The third-order valence-electron chi connectivity index (χ3n) is 2.67. The van der Waals surface area contributed by atoms with Crippen LogP contribution in [0.15, 0.2) is 24.3 Å². The lowest BCUT2D eigenvalue weighted by Gasteiger charge is -1.91. The average Bonchev–Trinajstić information content (AvgIpc) is 2.45. The number of aromatic nitrogens is 2. The first-order chi connectivity index (χ1) is 6.75. The van der Waals surface area contributed by atoms with Crippen molar-refractivity contribution in [2.24, 2.45) is 7.05 Å². The van der Waals surface area contributed by atoms with Gasteiger partial charge in [0.15, 0.2) is 17.3 Å². The second-order valence-electron chi connectivity index (χ2n) is 3.37. The number of para-hydroxylation sites is 2. The quantitative estimate of drug-likeness (QED) is 0.510. The monoisotopic (exact) mass is 189 g/mol. The van der Waals surface area contributed by atoms with Crippen LogP contribution < -0.4 is 4.57 Å². The van der Waals surface area contributed by atoms with Crippen LogP contribution in [0.4, 0.5) is 0 Å². The number of benzene rings is 1. The normalized spacial score (nSPS) is 10.7. The zero-order chi connectivity index (χ0) is 10.1. The van der Waals surface area contributed by atoms with Crippen LogP contribution in [0.3, 0.4) is 0 Å². The van der Waals surface area contributed by atoms with Gasteiger partial charge >= 0.3 is 0 Å². The summed E-state index contributed by atoms with van der Waals surface area (Å²) >= 11 is 0. The van der Waals surface area contributed by atoms with Gasteiger partial charge in [-0.2, -0.15) is 0 Å². The molecule has 2 aromatic rings. The first kappa shape index (κ1) is 8.94. The molecule has 0 aliphatic carbocycles. The van der Waals surface area contributed by atoms with Crippen molar-refractivity contribution in [1.82, 2.24) is 4.57 Å². The van der Waals surface area contributed by atoms with Crippen LogP contribution in [0, 0.1) is 6.92 Å². The molecular weight excluding hydrogens is 176 g/mol. The lowest BCUT2D eigenvalue weighted by Crippen LogP contribution is -2.37. The fourth-order valence-corrected chi connectivity index (χ4v) is 1.81. The highest BCUT2D eigenvalue weighted by Crippen LogP contribution is 2.11. The van der Waals surface area contributed by atoms with E-state index in [9.17, 15) is 4.79 Å². The van der Waals surface area contributed by atoms with Crippen molar-refractivity contribution < 1.29 is 9.36 Å². The molecule has 14 heavy (non-hydrogen) atoms. The second kappa shape index (κ2) is 3.25. The first-order valence-corrected chi connectivity index (χ1v) is 4.63. The number of imidazole rings is 1. The zero-order valence-corrected chi connectivity index (χ0v) is 8.40. The molecule has 0 saturated carbocycles. The summed E-state index contributed by atoms with van der Waals surface area (Å²) in [5, 5.41) is 0. The van der Waals surface area contributed by atoms with Gasteiger partial charge in [-0.3, -0.25) is 4.79 Å². The molecule has 0 aliphatic heterocycles. The fraction of sp³-hybridized carbons (Fsp3) is 0.273. The van der Waals surface area contributed by atoms with Crippen LogP contribution in [0.1, 0.15) is 5.82 Å². The number of aldehydes is 1. The highest BCUT2D eigenvalue weighted by atomic mass is 16.1. The van der Waals surface area contributed by atoms with Crippen molar-refractivity contribution in [3.8, 4) is 0 Å². The van der Waals surface area contributed by atoms with Crippen LogP contribution in [0.2, 0.25) is 0 Å². The number of fused-ring (bicyclic) bond motifs is 1. The molecule has 0 aliphatic rings. The van der Waals surface area contributed by atoms with Gasteiger partial charge < -0.3 is 0 Å². The van der Waals surface area contributed by atoms with E-state index in [0.717, 1.165) is 23.1 Å². The van der Waals surface area contributed by atoms with E-state index in [1.165, 1.54) is 0 Å². The molecule has 1 heterocycles. The van der Waals surface area contributed by atoms with E-state index in [0.29, 0.717) is 6.54 Å². The van der Waals surface area contributed by atoms with E-state index < -0.39 is 0 Å². The van der Waals surface area contributed by atoms with E-state index in [1.54, 1.807) is 0 Å². The van der Waals surface area contributed by atoms with Gasteiger partial charge in [0.2, 0.25) is 0 Å². The van der Waals surface area contributed by atoms with Gasteiger partial charge in [0, 0.05) is 6.92 Å². The number of aryl methyl sites for hydroxylation is 1. The smallest absolute Gasteiger partial charge is 0.254 e. The molecule has 3 nitrogen and oxygen atoms in total. The van der Waals surface area contributed by atoms with Crippen LogP contribution >= 0.6 is 0 Å². The molecule has 1 aromatic carbocycles. The summed E-state index contributed by atoms with van der Waals surface area (Å²) < 4.78 is 4.11. The molecule has 0 bridgehead atoms. The molecule has 0 atom stereocenters. The Bertz CT molecular complexity index is 485. The SMILES string of the molecule is Cc1n(C)c2ccccc2[n+]1CC=O. The molecule has 72 valence electrons. The van der Waals surface area contributed by atoms with E-state index in [4.69, 9.17) is 0 Å². The number of hydrogen-bond donors (Lipinski definition) is 0. The lowest BCUT2D eigenvalue weighted by molar-refractivity contribution is -0.664. The second-order valence-corrected chi connectivity index (χ2v) is 3.37. The maximum atomic E-state index is 10.5. The maximum Gasteiger partial charge on any atom is 0.254 e. The van der Waals surface area contributed by atoms with Crippen molar-refractivity contribution in [2.75, 3.05) is 0 Å². The van der Waals surface area contributed by atoms with E-state index in [1.807, 2.05) is 36.7 Å².